The third-order valence-electron chi connectivity index (χ3n) is 3.77. The predicted molar refractivity (Wildman–Crippen MR) is 98.6 cm³/mol. The first-order valence-corrected chi connectivity index (χ1v) is 9.25. The average molecular weight is 361 g/mol. The Bertz CT molecular complexity index is 744. The molecule has 0 saturated carbocycles. The van der Waals surface area contributed by atoms with Crippen molar-refractivity contribution in [1.82, 2.24) is 4.57 Å². The van der Waals surface area contributed by atoms with Crippen LogP contribution in [0.1, 0.15) is 40.9 Å². The highest BCUT2D eigenvalue weighted by Gasteiger charge is 2.16. The predicted octanol–water partition coefficient (Wildman–Crippen LogP) is 4.28. The quantitative estimate of drug-likeness (QED) is 0.379. The van der Waals surface area contributed by atoms with Gasteiger partial charge in [0.2, 0.25) is 5.78 Å². The fourth-order valence-electron chi connectivity index (χ4n) is 2.54. The summed E-state index contributed by atoms with van der Waals surface area (Å²) in [5, 5.41) is 1.64. The molecule has 5 nitrogen and oxygen atoms in total. The Kier molecular flexibility index (Phi) is 7.13. The molecule has 0 aliphatic heterocycles. The van der Waals surface area contributed by atoms with E-state index in [1.165, 1.54) is 17.8 Å². The molecule has 0 fully saturated rings. The van der Waals surface area contributed by atoms with E-state index in [9.17, 15) is 9.59 Å². The summed E-state index contributed by atoms with van der Waals surface area (Å²) < 4.78 is 12.3. The zero-order valence-electron chi connectivity index (χ0n) is 14.8. The number of ketones is 1. The Morgan fingerprint density at radius 1 is 1.36 bits per heavy atom. The Morgan fingerprint density at radius 3 is 2.84 bits per heavy atom. The van der Waals surface area contributed by atoms with Crippen molar-refractivity contribution >= 4 is 23.5 Å². The van der Waals surface area contributed by atoms with Gasteiger partial charge in [0, 0.05) is 29.6 Å². The molecule has 2 rings (SSSR count). The Morgan fingerprint density at radius 2 is 2.16 bits per heavy atom. The molecule has 0 atom stereocenters. The first kappa shape index (κ1) is 19.1. The maximum Gasteiger partial charge on any atom is 0.331 e. The summed E-state index contributed by atoms with van der Waals surface area (Å²) in [5.74, 6) is 0.766. The van der Waals surface area contributed by atoms with Crippen molar-refractivity contribution in [2.24, 2.45) is 0 Å². The van der Waals surface area contributed by atoms with E-state index in [0.717, 1.165) is 30.1 Å². The number of furan rings is 1. The molecular weight excluding hydrogens is 338 g/mol. The summed E-state index contributed by atoms with van der Waals surface area (Å²) in [6, 6.07) is 5.54. The van der Waals surface area contributed by atoms with Crippen LogP contribution in [0.5, 0.6) is 0 Å². The van der Waals surface area contributed by atoms with Crippen LogP contribution < -0.4 is 0 Å². The zero-order chi connectivity index (χ0) is 18.2. The molecule has 0 bridgehead atoms. The third kappa shape index (κ3) is 5.39. The van der Waals surface area contributed by atoms with Crippen LogP contribution in [-0.4, -0.2) is 22.9 Å². The van der Waals surface area contributed by atoms with Gasteiger partial charge in [-0.2, -0.15) is 0 Å². The van der Waals surface area contributed by atoms with Gasteiger partial charge in [0.1, 0.15) is 5.76 Å². The summed E-state index contributed by atoms with van der Waals surface area (Å²) in [6.07, 6.45) is 3.93. The maximum atomic E-state index is 12.3. The largest absolute Gasteiger partial charge is 0.468 e. The second kappa shape index (κ2) is 9.32. The van der Waals surface area contributed by atoms with Gasteiger partial charge >= 0.3 is 5.97 Å². The SMILES string of the molecule is CCCn1c(C)cc(C(=O)COC(=O)/C=C/SCc2ccco2)c1C. The lowest BCUT2D eigenvalue weighted by Crippen LogP contribution is -2.13. The van der Waals surface area contributed by atoms with Gasteiger partial charge in [-0.25, -0.2) is 4.79 Å². The summed E-state index contributed by atoms with van der Waals surface area (Å²) in [4.78, 5) is 24.0. The second-order valence-electron chi connectivity index (χ2n) is 5.66. The number of nitrogens with zero attached hydrogens (tertiary/aromatic N) is 1. The normalized spacial score (nSPS) is 11.2. The van der Waals surface area contributed by atoms with Crippen LogP contribution in [-0.2, 0) is 21.8 Å². The molecule has 0 aliphatic rings. The number of aromatic nitrogens is 1. The van der Waals surface area contributed by atoms with Gasteiger partial charge in [-0.05, 0) is 43.9 Å². The van der Waals surface area contributed by atoms with E-state index in [0.29, 0.717) is 11.3 Å². The van der Waals surface area contributed by atoms with Gasteiger partial charge < -0.3 is 13.7 Å². The van der Waals surface area contributed by atoms with Gasteiger partial charge in [-0.1, -0.05) is 6.92 Å². The molecule has 0 spiro atoms. The highest BCUT2D eigenvalue weighted by molar-refractivity contribution is 8.01. The lowest BCUT2D eigenvalue weighted by Gasteiger charge is -2.07. The summed E-state index contributed by atoms with van der Waals surface area (Å²) >= 11 is 1.42. The molecule has 0 aliphatic carbocycles. The summed E-state index contributed by atoms with van der Waals surface area (Å²) in [7, 11) is 0. The molecular formula is C19H23NO4S. The van der Waals surface area contributed by atoms with Crippen molar-refractivity contribution in [2.75, 3.05) is 6.61 Å². The number of rotatable bonds is 9. The molecule has 0 saturated heterocycles. The summed E-state index contributed by atoms with van der Waals surface area (Å²) in [5.41, 5.74) is 2.59. The minimum atomic E-state index is -0.525. The minimum absolute atomic E-state index is 0.180. The molecule has 2 aromatic heterocycles. The topological polar surface area (TPSA) is 61.4 Å². The molecule has 6 heteroatoms. The minimum Gasteiger partial charge on any atom is -0.468 e. The maximum absolute atomic E-state index is 12.3. The Hall–Kier alpha value is -2.21. The third-order valence-corrected chi connectivity index (χ3v) is 4.55. The van der Waals surface area contributed by atoms with Crippen molar-refractivity contribution < 1.29 is 18.7 Å². The van der Waals surface area contributed by atoms with Gasteiger partial charge in [0.05, 0.1) is 12.0 Å². The molecule has 0 aromatic carbocycles. The second-order valence-corrected chi connectivity index (χ2v) is 6.55. The van der Waals surface area contributed by atoms with Crippen LogP contribution in [0.3, 0.4) is 0 Å². The molecule has 0 unspecified atom stereocenters. The van der Waals surface area contributed by atoms with E-state index in [1.807, 2.05) is 32.0 Å². The number of esters is 1. The first-order chi connectivity index (χ1) is 12.0. The highest BCUT2D eigenvalue weighted by atomic mass is 32.2. The first-order valence-electron chi connectivity index (χ1n) is 8.20. The van der Waals surface area contributed by atoms with Crippen molar-refractivity contribution in [3.63, 3.8) is 0 Å². The monoisotopic (exact) mass is 361 g/mol. The van der Waals surface area contributed by atoms with Gasteiger partial charge in [0.15, 0.2) is 6.61 Å². The van der Waals surface area contributed by atoms with Crippen LogP contribution in [0.15, 0.2) is 40.4 Å². The number of ether oxygens (including phenoxy) is 1. The Labute approximate surface area is 152 Å². The van der Waals surface area contributed by atoms with E-state index >= 15 is 0 Å². The molecule has 0 radical (unpaired) electrons. The molecule has 2 heterocycles. The standard InChI is InChI=1S/C19H23NO4S/c1-4-8-20-14(2)11-17(15(20)3)18(21)12-24-19(22)7-10-25-13-16-6-5-9-23-16/h5-7,9-11H,4,8,12-13H2,1-3H3/b10-7+. The molecule has 0 N–H and O–H groups in total. The van der Waals surface area contributed by atoms with E-state index in [1.54, 1.807) is 11.7 Å². The number of carbonyl (C=O) groups is 2. The lowest BCUT2D eigenvalue weighted by atomic mass is 10.1. The van der Waals surface area contributed by atoms with Gasteiger partial charge in [0.25, 0.3) is 0 Å². The van der Waals surface area contributed by atoms with Crippen molar-refractivity contribution in [2.45, 2.75) is 39.5 Å². The van der Waals surface area contributed by atoms with Crippen LogP contribution in [0.25, 0.3) is 0 Å². The van der Waals surface area contributed by atoms with E-state index in [2.05, 4.69) is 11.5 Å². The van der Waals surface area contributed by atoms with Crippen LogP contribution in [0.4, 0.5) is 0 Å². The highest BCUT2D eigenvalue weighted by Crippen LogP contribution is 2.17. The average Bonchev–Trinajstić information content (AvgIpc) is 3.20. The number of thioether (sulfide) groups is 1. The number of carbonyl (C=O) groups excluding carboxylic acids is 2. The van der Waals surface area contributed by atoms with E-state index < -0.39 is 5.97 Å². The molecule has 0 amide bonds. The number of hydrogen-bond acceptors (Lipinski definition) is 5. The molecule has 25 heavy (non-hydrogen) atoms. The van der Waals surface area contributed by atoms with Crippen molar-refractivity contribution in [1.29, 1.82) is 0 Å². The van der Waals surface area contributed by atoms with Crippen LogP contribution in [0, 0.1) is 13.8 Å². The molecule has 2 aromatic rings. The van der Waals surface area contributed by atoms with Crippen LogP contribution in [0.2, 0.25) is 0 Å². The Balaban J connectivity index is 1.81. The number of hydrogen-bond donors (Lipinski definition) is 0. The van der Waals surface area contributed by atoms with Gasteiger partial charge in [-0.3, -0.25) is 4.79 Å². The van der Waals surface area contributed by atoms with Crippen molar-refractivity contribution in [3.05, 3.63) is 58.7 Å². The number of Topliss-reactive ketones (excluding diaryl/α,β-unsaturated/α-hetero) is 1. The summed E-state index contributed by atoms with van der Waals surface area (Å²) in [6.45, 7) is 6.62. The van der Waals surface area contributed by atoms with E-state index in [-0.39, 0.29) is 12.4 Å². The smallest absolute Gasteiger partial charge is 0.331 e. The fraction of sp³-hybridized carbons (Fsp3) is 0.368. The van der Waals surface area contributed by atoms with E-state index in [4.69, 9.17) is 9.15 Å². The zero-order valence-corrected chi connectivity index (χ0v) is 15.6. The van der Waals surface area contributed by atoms with Crippen LogP contribution >= 0.6 is 11.8 Å². The van der Waals surface area contributed by atoms with Gasteiger partial charge in [-0.15, -0.1) is 11.8 Å². The number of aryl methyl sites for hydroxylation is 1. The van der Waals surface area contributed by atoms with Crippen molar-refractivity contribution in [3.8, 4) is 0 Å². The fourth-order valence-corrected chi connectivity index (χ4v) is 3.17. The molecule has 134 valence electrons. The lowest BCUT2D eigenvalue weighted by molar-refractivity contribution is -0.136.